The molecule has 0 aliphatic heterocycles. The molecule has 0 radical (unpaired) electrons. The van der Waals surface area contributed by atoms with E-state index in [4.69, 9.17) is 4.74 Å². The molecule has 0 aromatic heterocycles. The smallest absolute Gasteiger partial charge is 0.308 e. The Morgan fingerprint density at radius 2 is 1.95 bits per heavy atom. The Morgan fingerprint density at radius 1 is 1.32 bits per heavy atom. The van der Waals surface area contributed by atoms with Crippen molar-refractivity contribution in [1.29, 1.82) is 0 Å². The molecule has 4 heteroatoms. The van der Waals surface area contributed by atoms with Crippen molar-refractivity contribution in [3.05, 3.63) is 0 Å². The molecule has 0 saturated heterocycles. The van der Waals surface area contributed by atoms with Crippen molar-refractivity contribution in [1.82, 2.24) is 5.32 Å². The van der Waals surface area contributed by atoms with E-state index in [1.165, 1.54) is 0 Å². The van der Waals surface area contributed by atoms with E-state index in [1.54, 1.807) is 0 Å². The van der Waals surface area contributed by atoms with Crippen molar-refractivity contribution in [3.8, 4) is 0 Å². The first-order valence-electron chi connectivity index (χ1n) is 7.62. The molecule has 2 N–H and O–H groups in total. The zero-order valence-corrected chi connectivity index (χ0v) is 12.5. The number of ether oxygens (including phenoxy) is 1. The summed E-state index contributed by atoms with van der Waals surface area (Å²) in [6.45, 7) is 7.26. The fourth-order valence-electron chi connectivity index (χ4n) is 2.56. The lowest BCUT2D eigenvalue weighted by molar-refractivity contribution is -0.149. The second-order valence-corrected chi connectivity index (χ2v) is 5.85. The van der Waals surface area contributed by atoms with Crippen LogP contribution >= 0.6 is 0 Å². The number of carbonyl (C=O) groups excluding carboxylic acids is 1. The maximum atomic E-state index is 11.6. The lowest BCUT2D eigenvalue weighted by Crippen LogP contribution is -2.37. The molecule has 0 bridgehead atoms. The SMILES string of the molecule is CCOC(=O)C1CCC(NCCC(O)C(C)C)CC1. The third-order valence-electron chi connectivity index (χ3n) is 3.99. The van der Waals surface area contributed by atoms with Gasteiger partial charge in [-0.25, -0.2) is 0 Å². The van der Waals surface area contributed by atoms with E-state index >= 15 is 0 Å². The van der Waals surface area contributed by atoms with E-state index in [0.29, 0.717) is 18.6 Å². The molecule has 0 amide bonds. The monoisotopic (exact) mass is 271 g/mol. The number of rotatable bonds is 7. The van der Waals surface area contributed by atoms with Crippen LogP contribution in [-0.2, 0) is 9.53 Å². The zero-order valence-electron chi connectivity index (χ0n) is 12.5. The highest BCUT2D eigenvalue weighted by Gasteiger charge is 2.26. The van der Waals surface area contributed by atoms with Gasteiger partial charge in [0.1, 0.15) is 0 Å². The van der Waals surface area contributed by atoms with Crippen LogP contribution in [0.15, 0.2) is 0 Å². The van der Waals surface area contributed by atoms with E-state index in [0.717, 1.165) is 38.6 Å². The summed E-state index contributed by atoms with van der Waals surface area (Å²) >= 11 is 0. The molecule has 0 spiro atoms. The summed E-state index contributed by atoms with van der Waals surface area (Å²) in [6, 6.07) is 0.491. The van der Waals surface area contributed by atoms with Gasteiger partial charge in [-0.05, 0) is 51.5 Å². The molecule has 0 aromatic rings. The second-order valence-electron chi connectivity index (χ2n) is 5.85. The largest absolute Gasteiger partial charge is 0.466 e. The number of hydrogen-bond donors (Lipinski definition) is 2. The van der Waals surface area contributed by atoms with Crippen LogP contribution in [0.25, 0.3) is 0 Å². The molecule has 1 atom stereocenters. The van der Waals surface area contributed by atoms with Crippen LogP contribution in [0.1, 0.15) is 52.9 Å². The number of aliphatic hydroxyl groups is 1. The molecule has 0 aromatic carbocycles. The van der Waals surface area contributed by atoms with E-state index in [1.807, 2.05) is 20.8 Å². The minimum atomic E-state index is -0.219. The van der Waals surface area contributed by atoms with Crippen LogP contribution in [0.3, 0.4) is 0 Å². The van der Waals surface area contributed by atoms with Gasteiger partial charge in [0, 0.05) is 6.04 Å². The fraction of sp³-hybridized carbons (Fsp3) is 0.933. The quantitative estimate of drug-likeness (QED) is 0.696. The van der Waals surface area contributed by atoms with Gasteiger partial charge >= 0.3 is 5.97 Å². The molecule has 4 nitrogen and oxygen atoms in total. The number of hydrogen-bond acceptors (Lipinski definition) is 4. The van der Waals surface area contributed by atoms with Crippen LogP contribution in [-0.4, -0.2) is 36.4 Å². The summed E-state index contributed by atoms with van der Waals surface area (Å²) in [5, 5.41) is 13.2. The Labute approximate surface area is 116 Å². The first kappa shape index (κ1) is 16.4. The average Bonchev–Trinajstić information content (AvgIpc) is 2.39. The maximum absolute atomic E-state index is 11.6. The Kier molecular flexibility index (Phi) is 7.39. The van der Waals surface area contributed by atoms with Gasteiger partial charge in [-0.15, -0.1) is 0 Å². The van der Waals surface area contributed by atoms with E-state index in [9.17, 15) is 9.90 Å². The number of carbonyl (C=O) groups is 1. The van der Waals surface area contributed by atoms with Gasteiger partial charge in [0.15, 0.2) is 0 Å². The second kappa shape index (κ2) is 8.54. The average molecular weight is 271 g/mol. The first-order chi connectivity index (χ1) is 9.04. The fourth-order valence-corrected chi connectivity index (χ4v) is 2.56. The van der Waals surface area contributed by atoms with E-state index in [-0.39, 0.29) is 18.0 Å². The Balaban J connectivity index is 2.15. The van der Waals surface area contributed by atoms with Gasteiger partial charge in [0.05, 0.1) is 18.6 Å². The lowest BCUT2D eigenvalue weighted by atomic mass is 9.86. The van der Waals surface area contributed by atoms with Gasteiger partial charge in [-0.2, -0.15) is 0 Å². The molecular weight excluding hydrogens is 242 g/mol. The summed E-state index contributed by atoms with van der Waals surface area (Å²) in [7, 11) is 0. The third kappa shape index (κ3) is 5.91. The summed E-state index contributed by atoms with van der Waals surface area (Å²) in [5.41, 5.74) is 0. The molecule has 1 fully saturated rings. The summed E-state index contributed by atoms with van der Waals surface area (Å²) in [6.07, 6.45) is 4.48. The van der Waals surface area contributed by atoms with Crippen LogP contribution in [0, 0.1) is 11.8 Å². The predicted molar refractivity (Wildman–Crippen MR) is 75.8 cm³/mol. The van der Waals surface area contributed by atoms with Crippen molar-refractivity contribution in [2.45, 2.75) is 65.0 Å². The minimum absolute atomic E-state index is 0.0313. The Bertz CT molecular complexity index is 260. The van der Waals surface area contributed by atoms with Crippen molar-refractivity contribution < 1.29 is 14.6 Å². The topological polar surface area (TPSA) is 58.6 Å². The number of nitrogens with one attached hydrogen (secondary N) is 1. The molecule has 19 heavy (non-hydrogen) atoms. The molecule has 0 heterocycles. The van der Waals surface area contributed by atoms with Gasteiger partial charge < -0.3 is 15.2 Å². The normalized spacial score (nSPS) is 25.3. The first-order valence-corrected chi connectivity index (χ1v) is 7.62. The number of esters is 1. The minimum Gasteiger partial charge on any atom is -0.466 e. The van der Waals surface area contributed by atoms with Crippen LogP contribution < -0.4 is 5.32 Å². The van der Waals surface area contributed by atoms with Gasteiger partial charge in [0.25, 0.3) is 0 Å². The molecule has 1 unspecified atom stereocenters. The predicted octanol–water partition coefficient (Wildman–Crippen LogP) is 2.10. The number of aliphatic hydroxyl groups excluding tert-OH is 1. The zero-order chi connectivity index (χ0) is 14.3. The summed E-state index contributed by atoms with van der Waals surface area (Å²) in [4.78, 5) is 11.6. The van der Waals surface area contributed by atoms with E-state index < -0.39 is 0 Å². The highest BCUT2D eigenvalue weighted by atomic mass is 16.5. The molecule has 1 rings (SSSR count). The van der Waals surface area contributed by atoms with Gasteiger partial charge in [-0.1, -0.05) is 13.8 Å². The highest BCUT2D eigenvalue weighted by molar-refractivity contribution is 5.72. The lowest BCUT2D eigenvalue weighted by Gasteiger charge is -2.28. The van der Waals surface area contributed by atoms with Crippen LogP contribution in [0.2, 0.25) is 0 Å². The molecular formula is C15H29NO3. The maximum Gasteiger partial charge on any atom is 0.308 e. The van der Waals surface area contributed by atoms with Crippen LogP contribution in [0.4, 0.5) is 0 Å². The summed E-state index contributed by atoms with van der Waals surface area (Å²) < 4.78 is 5.06. The molecule has 112 valence electrons. The van der Waals surface area contributed by atoms with Crippen molar-refractivity contribution >= 4 is 5.97 Å². The highest BCUT2D eigenvalue weighted by Crippen LogP contribution is 2.25. The van der Waals surface area contributed by atoms with Crippen molar-refractivity contribution in [3.63, 3.8) is 0 Å². The van der Waals surface area contributed by atoms with Crippen molar-refractivity contribution in [2.24, 2.45) is 11.8 Å². The molecule has 1 aliphatic rings. The Morgan fingerprint density at radius 3 is 2.47 bits per heavy atom. The van der Waals surface area contributed by atoms with Gasteiger partial charge in [-0.3, -0.25) is 4.79 Å². The standard InChI is InChI=1S/C15H29NO3/c1-4-19-15(18)12-5-7-13(8-6-12)16-10-9-14(17)11(2)3/h11-14,16-17H,4-10H2,1-3H3. The molecule has 1 saturated carbocycles. The Hall–Kier alpha value is -0.610. The van der Waals surface area contributed by atoms with Crippen LogP contribution in [0.5, 0.6) is 0 Å². The van der Waals surface area contributed by atoms with Gasteiger partial charge in [0.2, 0.25) is 0 Å². The van der Waals surface area contributed by atoms with Crippen molar-refractivity contribution in [2.75, 3.05) is 13.2 Å². The molecule has 1 aliphatic carbocycles. The summed E-state index contributed by atoms with van der Waals surface area (Å²) in [5.74, 6) is 0.386. The van der Waals surface area contributed by atoms with E-state index in [2.05, 4.69) is 5.32 Å². The third-order valence-corrected chi connectivity index (χ3v) is 3.99.